The number of aryl methyl sites for hydroxylation is 3. The lowest BCUT2D eigenvalue weighted by molar-refractivity contribution is -0.144. The van der Waals surface area contributed by atoms with Gasteiger partial charge in [0.25, 0.3) is 11.4 Å². The number of β-amino-alcohol motifs (C(OH)–C–C–N with tert-alkyl or cyclic N) is 1. The summed E-state index contributed by atoms with van der Waals surface area (Å²) >= 11 is 1.55. The lowest BCUT2D eigenvalue weighted by Crippen LogP contribution is -2.57. The van der Waals surface area contributed by atoms with Crippen LogP contribution in [-0.4, -0.2) is 125 Å². The lowest BCUT2D eigenvalue weighted by atomic mass is 9.85. The fourth-order valence-corrected chi connectivity index (χ4v) is 13.0. The molecule has 23 nitrogen and oxygen atoms in total. The molecule has 2 aromatic heterocycles. The molecule has 8 amide bonds. The molecular weight excluding hydrogens is 1170 g/mol. The first kappa shape index (κ1) is 64.1. The standard InChI is InChI=1S/C63H73N10O13PS/c1-34(37-17-19-39(20-18-37)54-35(2)65-33-88-54)66-58(79)49-31-44(74)32-72(49)61(82)55(63(3,4)5)71-52(76)16-8-6-7-11-36-12-9-15-43(27-36)67-56(77)46(25-26-51(64)75)69-59(80)50-30-40-14-10-13-38-21-24-47(60(81)73(50)53(38)40)70-57(78)48-29-42-28-41(22-23-45(42)68-48)62(83)87(84,85)86/h9-10,12-15,17-20,22-23,27-29,33-34,44,46-47,49-50,55,68,74H,6-8,11,16,21,24-26,30-32H2,1-5H3,(H2,64,75)(H,66,79)(H,67,77)(H,69,80)(H,70,78)(H,71,76)(H2,84,85,86)/t34-,44+,46-,47-,49-,50-,55+/m0/s1. The van der Waals surface area contributed by atoms with Crippen molar-refractivity contribution in [3.8, 4) is 10.4 Å². The van der Waals surface area contributed by atoms with Crippen molar-refractivity contribution < 1.29 is 62.6 Å². The third-order valence-corrected chi connectivity index (χ3v) is 18.1. The number of hydrogen-bond acceptors (Lipinski definition) is 13. The summed E-state index contributed by atoms with van der Waals surface area (Å²) < 4.78 is 11.6. The number of fused-ring (bicyclic) bond motifs is 1. The van der Waals surface area contributed by atoms with Gasteiger partial charge in [-0.25, -0.2) is 4.98 Å². The molecule has 0 radical (unpaired) electrons. The van der Waals surface area contributed by atoms with Gasteiger partial charge in [-0.3, -0.25) is 52.6 Å². The number of hydrogen-bond donors (Lipinski definition) is 10. The van der Waals surface area contributed by atoms with E-state index in [1.165, 1.54) is 34.1 Å². The van der Waals surface area contributed by atoms with Gasteiger partial charge in [0, 0.05) is 54.4 Å². The highest BCUT2D eigenvalue weighted by Crippen LogP contribution is 2.41. The Labute approximate surface area is 512 Å². The van der Waals surface area contributed by atoms with Crippen molar-refractivity contribution in [2.75, 3.05) is 16.8 Å². The smallest absolute Gasteiger partial charge is 0.391 e. The van der Waals surface area contributed by atoms with Crippen LogP contribution in [0.2, 0.25) is 0 Å². The van der Waals surface area contributed by atoms with Gasteiger partial charge in [-0.1, -0.05) is 81.8 Å². The van der Waals surface area contributed by atoms with Crippen LogP contribution in [0.1, 0.15) is 134 Å². The number of benzene rings is 4. The van der Waals surface area contributed by atoms with Crippen LogP contribution >= 0.6 is 18.9 Å². The Hall–Kier alpha value is -8.41. The number of amides is 8. The minimum absolute atomic E-state index is 0.00270. The molecule has 464 valence electrons. The van der Waals surface area contributed by atoms with Crippen molar-refractivity contribution in [3.05, 3.63) is 136 Å². The number of aromatic amines is 1. The van der Waals surface area contributed by atoms with E-state index < -0.39 is 102 Å². The first-order valence-corrected chi connectivity index (χ1v) is 31.8. The van der Waals surface area contributed by atoms with Crippen molar-refractivity contribution in [3.63, 3.8) is 0 Å². The SMILES string of the molecule is Cc1ncsc1-c1ccc([C@H](C)NC(=O)[C@@H]2C[C@@H](O)CN2C(=O)[C@@H](NC(=O)CCCCCc2cccc(NC(=O)[C@H](CCC(N)=O)NC(=O)[C@@H]3Cc4cccc5c4N3C(=O)[C@@H](NC(=O)c3cc4cc(C(=O)P(=O)(O)O)ccc4[nH]3)CC5)c2)C(C)(C)C)cc1. The van der Waals surface area contributed by atoms with E-state index in [0.29, 0.717) is 59.9 Å². The molecule has 3 aliphatic rings. The Bertz CT molecular complexity index is 3740. The zero-order chi connectivity index (χ0) is 63.4. The number of likely N-dealkylation sites (tertiary alicyclic amines) is 1. The number of carbonyl (C=O) groups excluding carboxylic acids is 9. The number of aromatic nitrogens is 2. The monoisotopic (exact) mass is 1240 g/mol. The second-order valence-electron chi connectivity index (χ2n) is 24.0. The van der Waals surface area contributed by atoms with E-state index in [4.69, 9.17) is 5.73 Å². The molecule has 0 aliphatic carbocycles. The summed E-state index contributed by atoms with van der Waals surface area (Å²) in [6, 6.07) is 19.8. The van der Waals surface area contributed by atoms with Crippen molar-refractivity contribution in [1.82, 2.24) is 36.1 Å². The van der Waals surface area contributed by atoms with Crippen LogP contribution in [0.3, 0.4) is 0 Å². The normalized spacial score (nSPS) is 18.4. The first-order chi connectivity index (χ1) is 41.7. The number of primary amides is 1. The maximum Gasteiger partial charge on any atom is 0.396 e. The van der Waals surface area contributed by atoms with Gasteiger partial charge >= 0.3 is 7.60 Å². The van der Waals surface area contributed by atoms with Gasteiger partial charge in [0.15, 0.2) is 0 Å². The maximum atomic E-state index is 14.6. The Kier molecular flexibility index (Phi) is 19.6. The van der Waals surface area contributed by atoms with Gasteiger partial charge in [0.2, 0.25) is 41.4 Å². The number of nitrogens with two attached hydrogens (primary N) is 1. The van der Waals surface area contributed by atoms with Crippen molar-refractivity contribution in [2.24, 2.45) is 11.1 Å². The minimum Gasteiger partial charge on any atom is -0.391 e. The van der Waals surface area contributed by atoms with E-state index in [2.05, 4.69) is 36.6 Å². The van der Waals surface area contributed by atoms with Gasteiger partial charge in [-0.2, -0.15) is 0 Å². The third-order valence-electron chi connectivity index (χ3n) is 16.3. The number of thiazole rings is 1. The van der Waals surface area contributed by atoms with E-state index in [1.807, 2.05) is 77.1 Å². The molecule has 0 saturated carbocycles. The minimum atomic E-state index is -5.07. The number of anilines is 2. The van der Waals surface area contributed by atoms with Crippen LogP contribution in [0.25, 0.3) is 21.3 Å². The molecule has 0 unspecified atom stereocenters. The summed E-state index contributed by atoms with van der Waals surface area (Å²) in [6.45, 7) is 9.25. The number of carbonyl (C=O) groups is 9. The second-order valence-corrected chi connectivity index (χ2v) is 26.3. The van der Waals surface area contributed by atoms with Crippen molar-refractivity contribution >= 4 is 94.0 Å². The Balaban J connectivity index is 0.770. The van der Waals surface area contributed by atoms with Crippen LogP contribution in [0, 0.1) is 12.3 Å². The summed E-state index contributed by atoms with van der Waals surface area (Å²) in [7, 11) is -5.07. The number of H-pyrrole nitrogens is 1. The fraction of sp³-hybridized carbons (Fsp3) is 0.397. The van der Waals surface area contributed by atoms with Gasteiger partial charge < -0.3 is 57.1 Å². The maximum absolute atomic E-state index is 14.6. The first-order valence-electron chi connectivity index (χ1n) is 29.3. The molecule has 5 heterocycles. The van der Waals surface area contributed by atoms with E-state index in [1.54, 1.807) is 41.1 Å². The molecule has 25 heteroatoms. The average Bonchev–Trinajstić information content (AvgIpc) is 1.69. The second kappa shape index (κ2) is 26.9. The predicted octanol–water partition coefficient (Wildman–Crippen LogP) is 5.78. The molecule has 0 bridgehead atoms. The molecule has 1 fully saturated rings. The highest BCUT2D eigenvalue weighted by molar-refractivity contribution is 7.70. The topological polar surface area (TPSA) is 353 Å². The number of nitrogens with one attached hydrogen (secondary N) is 6. The molecule has 9 rings (SSSR count). The molecule has 0 spiro atoms. The third kappa shape index (κ3) is 14.9. The van der Waals surface area contributed by atoms with E-state index in [-0.39, 0.29) is 62.2 Å². The summed E-state index contributed by atoms with van der Waals surface area (Å²) in [5.41, 5.74) is 11.5. The van der Waals surface area contributed by atoms with E-state index in [0.717, 1.165) is 32.8 Å². The molecule has 6 aromatic rings. The highest BCUT2D eigenvalue weighted by atomic mass is 32.1. The fourth-order valence-electron chi connectivity index (χ4n) is 11.7. The highest BCUT2D eigenvalue weighted by Gasteiger charge is 2.47. The van der Waals surface area contributed by atoms with E-state index in [9.17, 15) is 62.6 Å². The van der Waals surface area contributed by atoms with Crippen LogP contribution in [0.4, 0.5) is 11.4 Å². The number of unbranched alkanes of at least 4 members (excludes halogenated alkanes) is 2. The number of rotatable bonds is 23. The predicted molar refractivity (Wildman–Crippen MR) is 330 cm³/mol. The Morgan fingerprint density at radius 2 is 1.59 bits per heavy atom. The van der Waals surface area contributed by atoms with Crippen molar-refractivity contribution in [2.45, 2.75) is 148 Å². The molecule has 1 saturated heterocycles. The number of aliphatic hydroxyl groups is 1. The number of nitrogens with zero attached hydrogens (tertiary/aromatic N) is 3. The number of aliphatic hydroxyl groups excluding tert-OH is 1. The Morgan fingerprint density at radius 1 is 0.864 bits per heavy atom. The Morgan fingerprint density at radius 3 is 2.30 bits per heavy atom. The average molecular weight is 1240 g/mol. The molecule has 3 aliphatic heterocycles. The van der Waals surface area contributed by atoms with E-state index >= 15 is 0 Å². The summed E-state index contributed by atoms with van der Waals surface area (Å²) in [5, 5.41) is 25.4. The quantitative estimate of drug-likeness (QED) is 0.0269. The largest absolute Gasteiger partial charge is 0.396 e. The summed E-state index contributed by atoms with van der Waals surface area (Å²) in [6.07, 6.45) is 1.86. The van der Waals surface area contributed by atoms with Gasteiger partial charge in [-0.05, 0) is 122 Å². The van der Waals surface area contributed by atoms with Crippen molar-refractivity contribution in [1.29, 1.82) is 0 Å². The van der Waals surface area contributed by atoms with Crippen LogP contribution in [0.15, 0.2) is 96.5 Å². The molecule has 88 heavy (non-hydrogen) atoms. The van der Waals surface area contributed by atoms with Crippen LogP contribution in [0.5, 0.6) is 0 Å². The summed E-state index contributed by atoms with van der Waals surface area (Å²) in [5.74, 6) is -4.48. The van der Waals surface area contributed by atoms with Gasteiger partial charge in [0.05, 0.1) is 33.9 Å². The molecular formula is C63H73N10O13PS. The zero-order valence-electron chi connectivity index (χ0n) is 49.5. The summed E-state index contributed by atoms with van der Waals surface area (Å²) in [4.78, 5) is 153. The van der Waals surface area contributed by atoms with Gasteiger partial charge in [-0.15, -0.1) is 11.3 Å². The number of para-hydroxylation sites is 1. The molecule has 7 atom stereocenters. The van der Waals surface area contributed by atoms with Crippen LogP contribution in [-0.2, 0) is 57.4 Å². The van der Waals surface area contributed by atoms with Crippen LogP contribution < -0.4 is 37.2 Å². The van der Waals surface area contributed by atoms with Gasteiger partial charge in [0.1, 0.15) is 35.9 Å². The molecule has 4 aromatic carbocycles. The molecule has 11 N–H and O–H groups in total. The zero-order valence-corrected chi connectivity index (χ0v) is 51.2. The lowest BCUT2D eigenvalue weighted by Gasteiger charge is -2.35.